The third kappa shape index (κ3) is 6.36. The summed E-state index contributed by atoms with van der Waals surface area (Å²) in [6.07, 6.45) is 0.574. The Bertz CT molecular complexity index is 539. The number of benzene rings is 1. The zero-order chi connectivity index (χ0) is 17.7. The first-order valence-corrected chi connectivity index (χ1v) is 8.00. The van der Waals surface area contributed by atoms with Gasteiger partial charge in [0.25, 0.3) is 0 Å². The van der Waals surface area contributed by atoms with E-state index in [2.05, 4.69) is 5.32 Å². The number of hydrogen-bond acceptors (Lipinski definition) is 3. The average molecular weight is 346 g/mol. The average Bonchev–Trinajstić information content (AvgIpc) is 2.45. The van der Waals surface area contributed by atoms with Crippen LogP contribution in [-0.2, 0) is 11.2 Å². The Morgan fingerprint density at radius 2 is 2.04 bits per heavy atom. The Morgan fingerprint density at radius 3 is 2.52 bits per heavy atom. The monoisotopic (exact) mass is 345 g/mol. The molecule has 4 nitrogen and oxygen atoms in total. The molecule has 23 heavy (non-hydrogen) atoms. The zero-order valence-electron chi connectivity index (χ0n) is 14.1. The van der Waals surface area contributed by atoms with Crippen molar-refractivity contribution in [2.24, 2.45) is 5.41 Å². The maximum atomic E-state index is 13.3. The van der Waals surface area contributed by atoms with Crippen molar-refractivity contribution in [1.82, 2.24) is 5.32 Å². The topological polar surface area (TPSA) is 58.6 Å². The molecule has 6 heteroatoms. The molecule has 130 valence electrons. The number of amides is 1. The first kappa shape index (κ1) is 19.7. The molecule has 1 atom stereocenters. The summed E-state index contributed by atoms with van der Waals surface area (Å²) in [7, 11) is 0. The van der Waals surface area contributed by atoms with Crippen LogP contribution < -0.4 is 5.32 Å². The van der Waals surface area contributed by atoms with Crippen LogP contribution >= 0.6 is 11.6 Å². The molecule has 0 heterocycles. The van der Waals surface area contributed by atoms with Gasteiger partial charge in [-0.1, -0.05) is 24.6 Å². The van der Waals surface area contributed by atoms with Gasteiger partial charge < -0.3 is 15.2 Å². The standard InChI is InChI=1S/C17H25ClFNO3/c1-5-17(11-21,10-20-15(22)23-16(2,3)4)9-12-6-7-14(19)13(18)8-12/h6-8,21H,5,9-11H2,1-4H3,(H,20,22). The van der Waals surface area contributed by atoms with Crippen molar-refractivity contribution >= 4 is 17.7 Å². The molecule has 0 bridgehead atoms. The molecule has 1 amide bonds. The van der Waals surface area contributed by atoms with E-state index in [0.717, 1.165) is 5.56 Å². The Kier molecular flexibility index (Phi) is 6.84. The van der Waals surface area contributed by atoms with Gasteiger partial charge in [-0.15, -0.1) is 0 Å². The molecule has 0 aliphatic carbocycles. The van der Waals surface area contributed by atoms with Crippen LogP contribution in [0.5, 0.6) is 0 Å². The molecule has 0 radical (unpaired) electrons. The molecular formula is C17H25ClFNO3. The van der Waals surface area contributed by atoms with Crippen molar-refractivity contribution in [1.29, 1.82) is 0 Å². The van der Waals surface area contributed by atoms with E-state index < -0.39 is 22.9 Å². The van der Waals surface area contributed by atoms with Gasteiger partial charge in [-0.25, -0.2) is 9.18 Å². The fourth-order valence-corrected chi connectivity index (χ4v) is 2.40. The molecular weight excluding hydrogens is 321 g/mol. The molecule has 0 spiro atoms. The summed E-state index contributed by atoms with van der Waals surface area (Å²) in [5.41, 5.74) is -0.334. The highest BCUT2D eigenvalue weighted by molar-refractivity contribution is 6.30. The lowest BCUT2D eigenvalue weighted by atomic mass is 9.80. The van der Waals surface area contributed by atoms with Gasteiger partial charge in [-0.2, -0.15) is 0 Å². The van der Waals surface area contributed by atoms with Crippen LogP contribution in [0.4, 0.5) is 9.18 Å². The minimum absolute atomic E-state index is 0.0468. The van der Waals surface area contributed by atoms with Crippen molar-refractivity contribution in [2.45, 2.75) is 46.1 Å². The van der Waals surface area contributed by atoms with Gasteiger partial charge in [0.15, 0.2) is 0 Å². The molecule has 1 unspecified atom stereocenters. The van der Waals surface area contributed by atoms with E-state index >= 15 is 0 Å². The van der Waals surface area contributed by atoms with E-state index in [4.69, 9.17) is 16.3 Å². The number of alkyl carbamates (subject to hydrolysis) is 1. The predicted octanol–water partition coefficient (Wildman–Crippen LogP) is 3.94. The predicted molar refractivity (Wildman–Crippen MR) is 89.2 cm³/mol. The number of carbonyl (C=O) groups excluding carboxylic acids is 1. The molecule has 0 fully saturated rings. The van der Waals surface area contributed by atoms with Gasteiger partial charge in [0.05, 0.1) is 11.6 Å². The minimum atomic E-state index is -0.581. The quantitative estimate of drug-likeness (QED) is 0.821. The molecule has 0 aliphatic heterocycles. The highest BCUT2D eigenvalue weighted by atomic mass is 35.5. The van der Waals surface area contributed by atoms with E-state index in [0.29, 0.717) is 12.8 Å². The lowest BCUT2D eigenvalue weighted by Gasteiger charge is -2.31. The second kappa shape index (κ2) is 7.97. The van der Waals surface area contributed by atoms with Crippen LogP contribution in [0, 0.1) is 11.2 Å². The summed E-state index contributed by atoms with van der Waals surface area (Å²) in [4.78, 5) is 11.8. The number of halogens is 2. The summed E-state index contributed by atoms with van der Waals surface area (Å²) >= 11 is 5.80. The number of hydrogen-bond donors (Lipinski definition) is 2. The summed E-state index contributed by atoms with van der Waals surface area (Å²) < 4.78 is 18.5. The SMILES string of the molecule is CCC(CO)(CNC(=O)OC(C)(C)C)Cc1ccc(F)c(Cl)c1. The molecule has 1 aromatic rings. The van der Waals surface area contributed by atoms with Crippen LogP contribution in [0.2, 0.25) is 5.02 Å². The fraction of sp³-hybridized carbons (Fsp3) is 0.588. The third-order valence-corrected chi connectivity index (χ3v) is 3.94. The van der Waals surface area contributed by atoms with Gasteiger partial charge in [0, 0.05) is 12.0 Å². The minimum Gasteiger partial charge on any atom is -0.444 e. The second-order valence-corrected chi connectivity index (χ2v) is 7.20. The van der Waals surface area contributed by atoms with Gasteiger partial charge in [0.2, 0.25) is 0 Å². The highest BCUT2D eigenvalue weighted by Gasteiger charge is 2.29. The van der Waals surface area contributed by atoms with E-state index in [-0.39, 0.29) is 18.2 Å². The first-order chi connectivity index (χ1) is 10.6. The van der Waals surface area contributed by atoms with Crippen molar-refractivity contribution in [3.8, 4) is 0 Å². The molecule has 0 aromatic heterocycles. The molecule has 0 saturated heterocycles. The Labute approximate surface area is 142 Å². The second-order valence-electron chi connectivity index (χ2n) is 6.79. The maximum Gasteiger partial charge on any atom is 0.407 e. The van der Waals surface area contributed by atoms with Crippen molar-refractivity contribution in [3.63, 3.8) is 0 Å². The molecule has 2 N–H and O–H groups in total. The summed E-state index contributed by atoms with van der Waals surface area (Å²) in [5.74, 6) is -0.478. The van der Waals surface area contributed by atoms with Crippen LogP contribution in [-0.4, -0.2) is 30.0 Å². The summed E-state index contributed by atoms with van der Waals surface area (Å²) in [6.45, 7) is 7.42. The normalized spacial score (nSPS) is 14.2. The van der Waals surface area contributed by atoms with Crippen molar-refractivity contribution < 1.29 is 19.0 Å². The van der Waals surface area contributed by atoms with Gasteiger partial charge >= 0.3 is 6.09 Å². The van der Waals surface area contributed by atoms with Gasteiger partial charge in [0.1, 0.15) is 11.4 Å². The van der Waals surface area contributed by atoms with E-state index in [9.17, 15) is 14.3 Å². The summed E-state index contributed by atoms with van der Waals surface area (Å²) in [5, 5.41) is 12.6. The highest BCUT2D eigenvalue weighted by Crippen LogP contribution is 2.28. The Hall–Kier alpha value is -1.33. The zero-order valence-corrected chi connectivity index (χ0v) is 14.8. The van der Waals surface area contributed by atoms with Gasteiger partial charge in [-0.3, -0.25) is 0 Å². The van der Waals surface area contributed by atoms with Crippen LogP contribution in [0.3, 0.4) is 0 Å². The molecule has 0 aliphatic rings. The van der Waals surface area contributed by atoms with E-state index in [1.54, 1.807) is 32.9 Å². The number of rotatable bonds is 6. The van der Waals surface area contributed by atoms with E-state index in [1.807, 2.05) is 6.92 Å². The maximum absolute atomic E-state index is 13.3. The fourth-order valence-electron chi connectivity index (χ4n) is 2.19. The van der Waals surface area contributed by atoms with Crippen molar-refractivity contribution in [2.75, 3.05) is 13.2 Å². The number of ether oxygens (including phenoxy) is 1. The Balaban J connectivity index is 2.78. The van der Waals surface area contributed by atoms with Crippen molar-refractivity contribution in [3.05, 3.63) is 34.6 Å². The molecule has 1 rings (SSSR count). The lowest BCUT2D eigenvalue weighted by molar-refractivity contribution is 0.0461. The van der Waals surface area contributed by atoms with Crippen LogP contribution in [0.25, 0.3) is 0 Å². The number of aliphatic hydroxyl groups is 1. The first-order valence-electron chi connectivity index (χ1n) is 7.62. The number of nitrogens with one attached hydrogen (secondary N) is 1. The largest absolute Gasteiger partial charge is 0.444 e. The molecule has 1 aromatic carbocycles. The number of carbonyl (C=O) groups is 1. The Morgan fingerprint density at radius 1 is 1.39 bits per heavy atom. The lowest BCUT2D eigenvalue weighted by Crippen LogP contribution is -2.43. The van der Waals surface area contributed by atoms with Crippen LogP contribution in [0.15, 0.2) is 18.2 Å². The molecule has 0 saturated carbocycles. The smallest absolute Gasteiger partial charge is 0.407 e. The van der Waals surface area contributed by atoms with Gasteiger partial charge in [-0.05, 0) is 51.3 Å². The number of aliphatic hydroxyl groups excluding tert-OH is 1. The van der Waals surface area contributed by atoms with E-state index in [1.165, 1.54) is 6.07 Å². The summed E-state index contributed by atoms with van der Waals surface area (Å²) in [6, 6.07) is 4.48. The van der Waals surface area contributed by atoms with Crippen LogP contribution in [0.1, 0.15) is 39.7 Å². The third-order valence-electron chi connectivity index (χ3n) is 3.66.